The van der Waals surface area contributed by atoms with Crippen LogP contribution in [0, 0.1) is 13.8 Å². The Morgan fingerprint density at radius 3 is 2.60 bits per heavy atom. The number of carbonyl (C=O) groups excluding carboxylic acids is 2. The number of carbonyl (C=O) groups is 2. The topological polar surface area (TPSA) is 64.4 Å². The van der Waals surface area contributed by atoms with Crippen molar-refractivity contribution in [1.82, 2.24) is 9.78 Å². The van der Waals surface area contributed by atoms with Crippen LogP contribution in [0.2, 0.25) is 5.02 Å². The number of ether oxygens (including phenoxy) is 1. The number of aromatic nitrogens is 2. The van der Waals surface area contributed by atoms with Crippen molar-refractivity contribution in [2.75, 3.05) is 12.0 Å². The summed E-state index contributed by atoms with van der Waals surface area (Å²) in [7, 11) is 3.33. The van der Waals surface area contributed by atoms with Gasteiger partial charge in [0.05, 0.1) is 24.9 Å². The number of hydrogen-bond acceptors (Lipinski definition) is 4. The molecule has 0 radical (unpaired) electrons. The summed E-state index contributed by atoms with van der Waals surface area (Å²) in [5.41, 5.74) is 3.38. The molecule has 1 saturated heterocycles. The molecule has 1 aromatic heterocycles. The summed E-state index contributed by atoms with van der Waals surface area (Å²) >= 11 is 6.03. The van der Waals surface area contributed by atoms with Gasteiger partial charge in [-0.15, -0.1) is 0 Å². The number of hydrogen-bond donors (Lipinski definition) is 0. The first-order valence-electron chi connectivity index (χ1n) is 7.75. The van der Waals surface area contributed by atoms with Gasteiger partial charge in [0.1, 0.15) is 5.75 Å². The third-order valence-corrected chi connectivity index (χ3v) is 4.57. The predicted octanol–water partition coefficient (Wildman–Crippen LogP) is 3.05. The Kier molecular flexibility index (Phi) is 4.39. The van der Waals surface area contributed by atoms with Crippen LogP contribution in [-0.2, 0) is 16.6 Å². The minimum Gasteiger partial charge on any atom is -0.495 e. The Bertz CT molecular complexity index is 915. The van der Waals surface area contributed by atoms with E-state index in [9.17, 15) is 9.59 Å². The molecule has 0 saturated carbocycles. The molecule has 1 aromatic carbocycles. The molecular formula is C18H18ClN3O3. The van der Waals surface area contributed by atoms with E-state index in [1.165, 1.54) is 7.11 Å². The molecular weight excluding hydrogens is 342 g/mol. The summed E-state index contributed by atoms with van der Waals surface area (Å²) in [4.78, 5) is 26.4. The second kappa shape index (κ2) is 6.37. The largest absolute Gasteiger partial charge is 0.495 e. The molecule has 0 unspecified atom stereocenters. The van der Waals surface area contributed by atoms with Crippen molar-refractivity contribution < 1.29 is 14.3 Å². The minimum absolute atomic E-state index is 0.0300. The maximum atomic E-state index is 12.8. The van der Waals surface area contributed by atoms with Gasteiger partial charge in [-0.1, -0.05) is 11.6 Å². The maximum Gasteiger partial charge on any atom is 0.261 e. The highest BCUT2D eigenvalue weighted by molar-refractivity contribution is 6.33. The van der Waals surface area contributed by atoms with E-state index in [0.717, 1.165) is 21.9 Å². The third-order valence-electron chi connectivity index (χ3n) is 4.33. The lowest BCUT2D eigenvalue weighted by Crippen LogP contribution is -2.29. The van der Waals surface area contributed by atoms with Gasteiger partial charge in [-0.05, 0) is 38.1 Å². The van der Waals surface area contributed by atoms with Gasteiger partial charge in [0.25, 0.3) is 5.91 Å². The second-order valence-corrected chi connectivity index (χ2v) is 6.34. The Morgan fingerprint density at radius 2 is 2.00 bits per heavy atom. The molecule has 0 spiro atoms. The van der Waals surface area contributed by atoms with Crippen LogP contribution in [0.4, 0.5) is 5.69 Å². The van der Waals surface area contributed by atoms with E-state index in [-0.39, 0.29) is 18.2 Å². The molecule has 6 nitrogen and oxygen atoms in total. The van der Waals surface area contributed by atoms with Crippen LogP contribution in [0.15, 0.2) is 23.8 Å². The zero-order valence-corrected chi connectivity index (χ0v) is 15.2. The van der Waals surface area contributed by atoms with Gasteiger partial charge in [-0.25, -0.2) is 4.90 Å². The fourth-order valence-corrected chi connectivity index (χ4v) is 3.11. The number of benzene rings is 1. The lowest BCUT2D eigenvalue weighted by atomic mass is 10.1. The van der Waals surface area contributed by atoms with E-state index in [4.69, 9.17) is 16.3 Å². The SMILES string of the molecule is COc1ccc(Cl)cc1N1C(=O)C/C(=C\c2c(C)nn(C)c2C)C1=O. The van der Waals surface area contributed by atoms with E-state index in [1.54, 1.807) is 29.0 Å². The van der Waals surface area contributed by atoms with Crippen LogP contribution in [-0.4, -0.2) is 28.7 Å². The van der Waals surface area contributed by atoms with E-state index >= 15 is 0 Å². The summed E-state index contributed by atoms with van der Waals surface area (Å²) in [6.45, 7) is 3.80. The van der Waals surface area contributed by atoms with Crippen molar-refractivity contribution >= 4 is 35.2 Å². The van der Waals surface area contributed by atoms with E-state index in [1.807, 2.05) is 20.9 Å². The standard InChI is InChI=1S/C18H18ClN3O3/c1-10-14(11(2)21(3)20-10)7-12-8-17(23)22(18(12)24)15-9-13(19)5-6-16(15)25-4/h5-7,9H,8H2,1-4H3/b12-7+. The molecule has 7 heteroatoms. The second-order valence-electron chi connectivity index (χ2n) is 5.90. The summed E-state index contributed by atoms with van der Waals surface area (Å²) in [6, 6.07) is 4.84. The highest BCUT2D eigenvalue weighted by Crippen LogP contribution is 2.36. The number of aryl methyl sites for hydroxylation is 2. The van der Waals surface area contributed by atoms with Gasteiger partial charge >= 0.3 is 0 Å². The average Bonchev–Trinajstić information content (AvgIpc) is 2.97. The fourth-order valence-electron chi connectivity index (χ4n) is 2.94. The minimum atomic E-state index is -0.367. The zero-order chi connectivity index (χ0) is 18.3. The van der Waals surface area contributed by atoms with Gasteiger partial charge in [-0.3, -0.25) is 14.3 Å². The van der Waals surface area contributed by atoms with E-state index in [0.29, 0.717) is 22.0 Å². The monoisotopic (exact) mass is 359 g/mol. The van der Waals surface area contributed by atoms with Gasteiger partial charge in [0, 0.05) is 28.9 Å². The van der Waals surface area contributed by atoms with Crippen LogP contribution >= 0.6 is 11.6 Å². The van der Waals surface area contributed by atoms with E-state index < -0.39 is 0 Å². The van der Waals surface area contributed by atoms with Crippen molar-refractivity contribution in [1.29, 1.82) is 0 Å². The lowest BCUT2D eigenvalue weighted by molar-refractivity contribution is -0.120. The number of rotatable bonds is 3. The first-order valence-corrected chi connectivity index (χ1v) is 8.13. The number of anilines is 1. The molecule has 1 aliphatic heterocycles. The fraction of sp³-hybridized carbons (Fsp3) is 0.278. The van der Waals surface area contributed by atoms with Crippen LogP contribution in [0.3, 0.4) is 0 Å². The Balaban J connectivity index is 2.04. The van der Waals surface area contributed by atoms with Crippen molar-refractivity contribution in [3.63, 3.8) is 0 Å². The summed E-state index contributed by atoms with van der Waals surface area (Å²) in [5.74, 6) is -0.259. The van der Waals surface area contributed by atoms with Gasteiger partial charge in [0.15, 0.2) is 0 Å². The summed E-state index contributed by atoms with van der Waals surface area (Å²) < 4.78 is 7.02. The van der Waals surface area contributed by atoms with Crippen LogP contribution in [0.5, 0.6) is 5.75 Å². The smallest absolute Gasteiger partial charge is 0.261 e. The molecule has 0 bridgehead atoms. The van der Waals surface area contributed by atoms with Gasteiger partial charge < -0.3 is 4.74 Å². The van der Waals surface area contributed by atoms with Crippen LogP contribution in [0.25, 0.3) is 6.08 Å². The normalized spacial score (nSPS) is 16.2. The highest BCUT2D eigenvalue weighted by Gasteiger charge is 2.37. The molecule has 1 aliphatic rings. The first kappa shape index (κ1) is 17.2. The van der Waals surface area contributed by atoms with Crippen molar-refractivity contribution in [2.45, 2.75) is 20.3 Å². The number of halogens is 1. The Labute approximate surface area is 150 Å². The molecule has 25 heavy (non-hydrogen) atoms. The predicted molar refractivity (Wildman–Crippen MR) is 95.8 cm³/mol. The molecule has 2 aromatic rings. The summed E-state index contributed by atoms with van der Waals surface area (Å²) in [6.07, 6.45) is 1.77. The number of amides is 2. The quantitative estimate of drug-likeness (QED) is 0.624. The zero-order valence-electron chi connectivity index (χ0n) is 14.5. The summed E-state index contributed by atoms with van der Waals surface area (Å²) in [5, 5.41) is 4.76. The van der Waals surface area contributed by atoms with Gasteiger partial charge in [0.2, 0.25) is 5.91 Å². The number of nitrogens with zero attached hydrogens (tertiary/aromatic N) is 3. The first-order chi connectivity index (χ1) is 11.8. The highest BCUT2D eigenvalue weighted by atomic mass is 35.5. The third kappa shape index (κ3) is 2.93. The molecule has 0 aliphatic carbocycles. The molecule has 2 heterocycles. The molecule has 1 fully saturated rings. The molecule has 0 atom stereocenters. The molecule has 130 valence electrons. The molecule has 2 amide bonds. The Hall–Kier alpha value is -2.60. The van der Waals surface area contributed by atoms with Crippen molar-refractivity contribution in [2.24, 2.45) is 7.05 Å². The van der Waals surface area contributed by atoms with Crippen LogP contribution in [0.1, 0.15) is 23.4 Å². The maximum absolute atomic E-state index is 12.8. The number of methoxy groups -OCH3 is 1. The lowest BCUT2D eigenvalue weighted by Gasteiger charge is -2.17. The van der Waals surface area contributed by atoms with Crippen molar-refractivity contribution in [3.8, 4) is 5.75 Å². The van der Waals surface area contributed by atoms with E-state index in [2.05, 4.69) is 5.10 Å². The average molecular weight is 360 g/mol. The number of imide groups is 1. The molecule has 0 N–H and O–H groups in total. The van der Waals surface area contributed by atoms with Gasteiger partial charge in [-0.2, -0.15) is 5.10 Å². The Morgan fingerprint density at radius 1 is 1.28 bits per heavy atom. The molecule has 3 rings (SSSR count). The van der Waals surface area contributed by atoms with Crippen LogP contribution < -0.4 is 9.64 Å². The van der Waals surface area contributed by atoms with Crippen molar-refractivity contribution in [3.05, 3.63) is 45.7 Å².